The summed E-state index contributed by atoms with van der Waals surface area (Å²) in [4.78, 5) is 54.9. The molecule has 0 saturated heterocycles. The van der Waals surface area contributed by atoms with Crippen molar-refractivity contribution in [3.05, 3.63) is 89.4 Å². The third-order valence-corrected chi connectivity index (χ3v) is 7.65. The highest BCUT2D eigenvalue weighted by Gasteiger charge is 2.25. The fraction of sp³-hybridized carbons (Fsp3) is 0.200. The average Bonchev–Trinajstić information content (AvgIpc) is 3.17. The number of carbonyl (C=O) groups excluding carboxylic acids is 2. The molecule has 2 aromatic heterocycles. The molecule has 0 unspecified atom stereocenters. The fourth-order valence-corrected chi connectivity index (χ4v) is 5.33. The molecule has 2 amide bonds. The second-order valence-electron chi connectivity index (χ2n) is 8.46. The van der Waals surface area contributed by atoms with Crippen LogP contribution in [0.15, 0.2) is 52.1 Å². The number of hydrogen-bond acceptors (Lipinski definition) is 5. The van der Waals surface area contributed by atoms with Gasteiger partial charge in [0.2, 0.25) is 5.91 Å². The highest BCUT2D eigenvalue weighted by molar-refractivity contribution is 7.20. The first-order valence-corrected chi connectivity index (χ1v) is 12.4. The predicted molar refractivity (Wildman–Crippen MR) is 144 cm³/mol. The lowest BCUT2D eigenvalue weighted by atomic mass is 10.2. The van der Waals surface area contributed by atoms with Crippen molar-refractivity contribution in [2.45, 2.75) is 20.4 Å². The molecule has 0 bridgehead atoms. The molecule has 0 spiro atoms. The minimum absolute atomic E-state index is 0.162. The maximum atomic E-state index is 13.6. The quantitative estimate of drug-likeness (QED) is 0.400. The second kappa shape index (κ2) is 9.93. The number of carbonyl (C=O) groups is 2. The summed E-state index contributed by atoms with van der Waals surface area (Å²) in [5.74, 6) is -0.773. The van der Waals surface area contributed by atoms with E-state index in [4.69, 9.17) is 23.2 Å². The molecule has 186 valence electrons. The Bertz CT molecular complexity index is 1640. The third kappa shape index (κ3) is 4.69. The van der Waals surface area contributed by atoms with E-state index in [1.165, 1.54) is 27.7 Å². The van der Waals surface area contributed by atoms with Crippen LogP contribution in [0.3, 0.4) is 0 Å². The van der Waals surface area contributed by atoms with E-state index in [1.807, 2.05) is 19.1 Å². The van der Waals surface area contributed by atoms with Crippen molar-refractivity contribution < 1.29 is 9.59 Å². The number of aryl methyl sites for hydroxylation is 2. The molecule has 0 atom stereocenters. The van der Waals surface area contributed by atoms with E-state index < -0.39 is 17.2 Å². The molecule has 36 heavy (non-hydrogen) atoms. The van der Waals surface area contributed by atoms with Crippen molar-refractivity contribution in [2.75, 3.05) is 19.4 Å². The zero-order chi connectivity index (χ0) is 26.3. The zero-order valence-electron chi connectivity index (χ0n) is 19.9. The van der Waals surface area contributed by atoms with E-state index in [9.17, 15) is 19.2 Å². The van der Waals surface area contributed by atoms with Crippen molar-refractivity contribution in [1.82, 2.24) is 14.0 Å². The molecular formula is C25H22Cl2N4O4S. The number of hydrogen-bond donors (Lipinski definition) is 1. The smallest absolute Gasteiger partial charge is 0.337 e. The molecule has 0 fully saturated rings. The Labute approximate surface area is 220 Å². The van der Waals surface area contributed by atoms with Gasteiger partial charge in [-0.15, -0.1) is 11.3 Å². The number of thiophene rings is 1. The van der Waals surface area contributed by atoms with Gasteiger partial charge >= 0.3 is 5.69 Å². The first kappa shape index (κ1) is 25.7. The van der Waals surface area contributed by atoms with Crippen LogP contribution in [-0.2, 0) is 11.3 Å². The topological polar surface area (TPSA) is 93.4 Å². The van der Waals surface area contributed by atoms with E-state index in [1.54, 1.807) is 33.2 Å². The molecule has 0 aliphatic rings. The van der Waals surface area contributed by atoms with Gasteiger partial charge in [-0.25, -0.2) is 9.36 Å². The predicted octanol–water partition coefficient (Wildman–Crippen LogP) is 4.48. The van der Waals surface area contributed by atoms with E-state index in [0.29, 0.717) is 16.1 Å². The number of benzene rings is 2. The maximum Gasteiger partial charge on any atom is 0.337 e. The molecule has 1 N–H and O–H groups in total. The van der Waals surface area contributed by atoms with Crippen LogP contribution in [0, 0.1) is 13.8 Å². The Balaban J connectivity index is 1.94. The van der Waals surface area contributed by atoms with Gasteiger partial charge in [-0.3, -0.25) is 19.0 Å². The van der Waals surface area contributed by atoms with Gasteiger partial charge in [0.05, 0.1) is 26.0 Å². The zero-order valence-corrected chi connectivity index (χ0v) is 22.2. The number of rotatable bonds is 5. The van der Waals surface area contributed by atoms with E-state index in [0.717, 1.165) is 21.5 Å². The van der Waals surface area contributed by atoms with Gasteiger partial charge < -0.3 is 10.2 Å². The van der Waals surface area contributed by atoms with Gasteiger partial charge in [0.25, 0.3) is 11.5 Å². The molecule has 4 aromatic rings. The standard InChI is InChI=1S/C25H22Cl2N4O4S/c1-13-5-7-15(8-6-13)28-19(32)12-30-24-20(14(2)21(36-24)23(34)29(3)4)22(33)31(25(30)35)16-9-10-17(26)18(27)11-16/h5-11H,12H2,1-4H3,(H,28,32). The van der Waals surface area contributed by atoms with Crippen molar-refractivity contribution in [3.8, 4) is 5.69 Å². The van der Waals surface area contributed by atoms with Gasteiger partial charge in [-0.2, -0.15) is 0 Å². The number of fused-ring (bicyclic) bond motifs is 1. The lowest BCUT2D eigenvalue weighted by molar-refractivity contribution is -0.116. The van der Waals surface area contributed by atoms with E-state index >= 15 is 0 Å². The van der Waals surface area contributed by atoms with Gasteiger partial charge in [0.15, 0.2) is 0 Å². The monoisotopic (exact) mass is 544 g/mol. The summed E-state index contributed by atoms with van der Waals surface area (Å²) < 4.78 is 2.14. The van der Waals surface area contributed by atoms with E-state index in [2.05, 4.69) is 5.32 Å². The van der Waals surface area contributed by atoms with Gasteiger partial charge in [-0.1, -0.05) is 40.9 Å². The number of nitrogens with zero attached hydrogens (tertiary/aromatic N) is 3. The summed E-state index contributed by atoms with van der Waals surface area (Å²) in [6.07, 6.45) is 0. The maximum absolute atomic E-state index is 13.6. The average molecular weight is 545 g/mol. The first-order chi connectivity index (χ1) is 17.0. The largest absolute Gasteiger partial charge is 0.344 e. The summed E-state index contributed by atoms with van der Waals surface area (Å²) in [6, 6.07) is 11.6. The molecular weight excluding hydrogens is 523 g/mol. The van der Waals surface area contributed by atoms with Crippen LogP contribution in [0.1, 0.15) is 20.8 Å². The molecule has 11 heteroatoms. The molecule has 0 saturated carbocycles. The summed E-state index contributed by atoms with van der Waals surface area (Å²) in [5.41, 5.74) is 0.871. The molecule has 4 rings (SSSR count). The third-order valence-electron chi connectivity index (χ3n) is 5.61. The summed E-state index contributed by atoms with van der Waals surface area (Å²) in [7, 11) is 3.20. The summed E-state index contributed by atoms with van der Waals surface area (Å²) >= 11 is 13.2. The van der Waals surface area contributed by atoms with Gasteiger partial charge in [0, 0.05) is 19.8 Å². The normalized spacial score (nSPS) is 11.1. The van der Waals surface area contributed by atoms with Crippen LogP contribution in [0.4, 0.5) is 5.69 Å². The van der Waals surface area contributed by atoms with Crippen LogP contribution in [0.2, 0.25) is 10.0 Å². The van der Waals surface area contributed by atoms with Gasteiger partial charge in [-0.05, 0) is 49.7 Å². The lowest BCUT2D eigenvalue weighted by Crippen LogP contribution is -2.40. The van der Waals surface area contributed by atoms with Crippen molar-refractivity contribution in [2.24, 2.45) is 0 Å². The molecule has 2 heterocycles. The molecule has 2 aromatic carbocycles. The Morgan fingerprint density at radius 3 is 2.28 bits per heavy atom. The van der Waals surface area contributed by atoms with Crippen molar-refractivity contribution >= 4 is 62.3 Å². The fourth-order valence-electron chi connectivity index (χ4n) is 3.73. The Morgan fingerprint density at radius 1 is 1.00 bits per heavy atom. The minimum Gasteiger partial charge on any atom is -0.344 e. The lowest BCUT2D eigenvalue weighted by Gasteiger charge is -2.13. The minimum atomic E-state index is -0.741. The van der Waals surface area contributed by atoms with E-state index in [-0.39, 0.29) is 38.4 Å². The highest BCUT2D eigenvalue weighted by atomic mass is 35.5. The number of nitrogens with one attached hydrogen (secondary N) is 1. The second-order valence-corrected chi connectivity index (χ2v) is 10.3. The van der Waals surface area contributed by atoms with Crippen LogP contribution in [-0.4, -0.2) is 39.9 Å². The summed E-state index contributed by atoms with van der Waals surface area (Å²) in [6.45, 7) is 3.21. The van der Waals surface area contributed by atoms with Crippen LogP contribution in [0.25, 0.3) is 15.9 Å². The SMILES string of the molecule is Cc1ccc(NC(=O)Cn2c(=O)n(-c3ccc(Cl)c(Cl)c3)c(=O)c3c(C)c(C(=O)N(C)C)sc32)cc1. The Morgan fingerprint density at radius 2 is 1.67 bits per heavy atom. The van der Waals surface area contributed by atoms with Crippen LogP contribution >= 0.6 is 34.5 Å². The number of anilines is 1. The molecule has 0 radical (unpaired) electrons. The summed E-state index contributed by atoms with van der Waals surface area (Å²) in [5, 5.41) is 3.37. The molecule has 8 nitrogen and oxygen atoms in total. The molecule has 0 aliphatic carbocycles. The van der Waals surface area contributed by atoms with Gasteiger partial charge in [0.1, 0.15) is 11.4 Å². The molecule has 0 aliphatic heterocycles. The van der Waals surface area contributed by atoms with Crippen LogP contribution in [0.5, 0.6) is 0 Å². The Kier molecular flexibility index (Phi) is 7.08. The Hall–Kier alpha value is -3.40. The number of aromatic nitrogens is 2. The number of amides is 2. The van der Waals surface area contributed by atoms with Crippen LogP contribution < -0.4 is 16.6 Å². The van der Waals surface area contributed by atoms with Crippen molar-refractivity contribution in [1.29, 1.82) is 0 Å². The highest BCUT2D eigenvalue weighted by Crippen LogP contribution is 2.30. The first-order valence-electron chi connectivity index (χ1n) is 10.8. The van der Waals surface area contributed by atoms with Crippen molar-refractivity contribution in [3.63, 3.8) is 0 Å². The number of halogens is 2.